The van der Waals surface area contributed by atoms with Crippen LogP contribution in [-0.4, -0.2) is 24.9 Å². The van der Waals surface area contributed by atoms with Crippen LogP contribution in [0.25, 0.3) is 0 Å². The molecule has 1 aromatic heterocycles. The molecule has 2 rings (SSSR count). The first-order chi connectivity index (χ1) is 9.06. The second-order valence-electron chi connectivity index (χ2n) is 4.82. The zero-order valence-electron chi connectivity index (χ0n) is 11.8. The molecule has 4 nitrogen and oxygen atoms in total. The van der Waals surface area contributed by atoms with Crippen molar-refractivity contribution in [3.63, 3.8) is 0 Å². The van der Waals surface area contributed by atoms with Crippen molar-refractivity contribution < 1.29 is 4.43 Å². The lowest BCUT2D eigenvalue weighted by molar-refractivity contribution is 0.582. The summed E-state index contributed by atoms with van der Waals surface area (Å²) in [5, 5.41) is 6.74. The minimum absolute atomic E-state index is 0.870. The first kappa shape index (κ1) is 13.5. The number of hydrogen-bond donors (Lipinski definition) is 1. The van der Waals surface area contributed by atoms with Gasteiger partial charge in [-0.2, -0.15) is 5.10 Å². The number of rotatable bonds is 4. The SMILES string of the molecule is CC(=Nc1cc(C)ccc1O[SiH](C)C)c1cn[nH]c1. The Morgan fingerprint density at radius 2 is 2.16 bits per heavy atom. The molecule has 5 heteroatoms. The van der Waals surface area contributed by atoms with Crippen LogP contribution >= 0.6 is 0 Å². The van der Waals surface area contributed by atoms with Crippen LogP contribution in [-0.2, 0) is 0 Å². The molecule has 2 aromatic rings. The number of nitrogens with one attached hydrogen (secondary N) is 1. The molecule has 1 N–H and O–H groups in total. The van der Waals surface area contributed by atoms with E-state index in [9.17, 15) is 0 Å². The van der Waals surface area contributed by atoms with Crippen LogP contribution in [0.5, 0.6) is 5.75 Å². The Bertz CT molecular complexity index is 576. The maximum absolute atomic E-state index is 5.93. The normalized spacial score (nSPS) is 11.9. The number of aromatic amines is 1. The van der Waals surface area contributed by atoms with Crippen LogP contribution in [0.1, 0.15) is 18.1 Å². The summed E-state index contributed by atoms with van der Waals surface area (Å²) >= 11 is 0. The zero-order valence-corrected chi connectivity index (χ0v) is 12.9. The van der Waals surface area contributed by atoms with Gasteiger partial charge >= 0.3 is 0 Å². The van der Waals surface area contributed by atoms with E-state index in [1.54, 1.807) is 6.20 Å². The predicted octanol–water partition coefficient (Wildman–Crippen LogP) is 3.22. The molecule has 0 aliphatic carbocycles. The molecule has 0 radical (unpaired) electrons. The molecule has 0 aliphatic heterocycles. The van der Waals surface area contributed by atoms with Gasteiger partial charge in [0.05, 0.1) is 6.20 Å². The highest BCUT2D eigenvalue weighted by Crippen LogP contribution is 2.29. The number of benzene rings is 1. The molecule has 0 saturated heterocycles. The smallest absolute Gasteiger partial charge is 0.229 e. The molecule has 0 atom stereocenters. The van der Waals surface area contributed by atoms with E-state index >= 15 is 0 Å². The third kappa shape index (κ3) is 3.54. The van der Waals surface area contributed by atoms with Crippen LogP contribution in [0, 0.1) is 6.92 Å². The van der Waals surface area contributed by atoms with Gasteiger partial charge in [0.1, 0.15) is 11.4 Å². The van der Waals surface area contributed by atoms with E-state index < -0.39 is 9.04 Å². The Labute approximate surface area is 115 Å². The van der Waals surface area contributed by atoms with Crippen molar-refractivity contribution in [2.45, 2.75) is 26.9 Å². The Kier molecular flexibility index (Phi) is 4.16. The van der Waals surface area contributed by atoms with E-state index in [1.165, 1.54) is 5.56 Å². The molecule has 0 unspecified atom stereocenters. The molecule has 0 bridgehead atoms. The highest BCUT2D eigenvalue weighted by Gasteiger charge is 2.07. The number of aliphatic imine (C=N–C) groups is 1. The molecular formula is C14H19N3OSi. The van der Waals surface area contributed by atoms with Crippen LogP contribution in [0.4, 0.5) is 5.69 Å². The topological polar surface area (TPSA) is 50.3 Å². The second-order valence-corrected chi connectivity index (χ2v) is 7.16. The van der Waals surface area contributed by atoms with Crippen LogP contribution in [0.3, 0.4) is 0 Å². The van der Waals surface area contributed by atoms with Crippen molar-refractivity contribution in [3.8, 4) is 5.75 Å². The van der Waals surface area contributed by atoms with Crippen molar-refractivity contribution in [1.29, 1.82) is 0 Å². The molecular weight excluding hydrogens is 254 g/mol. The summed E-state index contributed by atoms with van der Waals surface area (Å²) in [6, 6.07) is 6.11. The highest BCUT2D eigenvalue weighted by atomic mass is 28.3. The molecule has 0 spiro atoms. The first-order valence-corrected chi connectivity index (χ1v) is 9.16. The molecule has 0 saturated carbocycles. The number of hydrogen-bond acceptors (Lipinski definition) is 3. The maximum Gasteiger partial charge on any atom is 0.229 e. The van der Waals surface area contributed by atoms with Gasteiger partial charge in [0.15, 0.2) is 0 Å². The zero-order chi connectivity index (χ0) is 13.8. The van der Waals surface area contributed by atoms with Crippen molar-refractivity contribution in [1.82, 2.24) is 10.2 Å². The quantitative estimate of drug-likeness (QED) is 0.687. The fourth-order valence-electron chi connectivity index (χ4n) is 1.76. The molecule has 0 amide bonds. The standard InChI is InChI=1S/C14H19N3OSi/c1-10-5-6-14(18-19(3)4)13(7-10)17-11(2)12-8-15-16-9-12/h5-9,19H,1-4H3,(H,15,16). The van der Waals surface area contributed by atoms with Gasteiger partial charge in [0.25, 0.3) is 0 Å². The van der Waals surface area contributed by atoms with Crippen molar-refractivity contribution in [2.24, 2.45) is 4.99 Å². The lowest BCUT2D eigenvalue weighted by Gasteiger charge is -2.12. The summed E-state index contributed by atoms with van der Waals surface area (Å²) in [4.78, 5) is 4.67. The average Bonchev–Trinajstić information content (AvgIpc) is 2.86. The van der Waals surface area contributed by atoms with Crippen LogP contribution in [0.2, 0.25) is 13.1 Å². The van der Waals surface area contributed by atoms with E-state index in [4.69, 9.17) is 4.43 Å². The summed E-state index contributed by atoms with van der Waals surface area (Å²) in [6.07, 6.45) is 3.61. The lowest BCUT2D eigenvalue weighted by atomic mass is 10.2. The third-order valence-corrected chi connectivity index (χ3v) is 3.41. The molecule has 100 valence electrons. The van der Waals surface area contributed by atoms with Crippen molar-refractivity contribution in [3.05, 3.63) is 41.7 Å². The van der Waals surface area contributed by atoms with E-state index in [2.05, 4.69) is 47.3 Å². The first-order valence-electron chi connectivity index (χ1n) is 6.38. The Hall–Kier alpha value is -1.88. The fourth-order valence-corrected chi connectivity index (χ4v) is 2.47. The lowest BCUT2D eigenvalue weighted by Crippen LogP contribution is -2.11. The van der Waals surface area contributed by atoms with E-state index in [1.807, 2.05) is 19.2 Å². The van der Waals surface area contributed by atoms with Gasteiger partial charge in [-0.1, -0.05) is 6.07 Å². The van der Waals surface area contributed by atoms with Gasteiger partial charge in [0.2, 0.25) is 9.04 Å². The molecule has 0 aliphatic rings. The van der Waals surface area contributed by atoms with E-state index in [0.717, 1.165) is 22.7 Å². The van der Waals surface area contributed by atoms with Gasteiger partial charge in [-0.15, -0.1) is 0 Å². The van der Waals surface area contributed by atoms with Gasteiger partial charge in [0, 0.05) is 17.5 Å². The Balaban J connectivity index is 2.37. The summed E-state index contributed by atoms with van der Waals surface area (Å²) < 4.78 is 5.93. The summed E-state index contributed by atoms with van der Waals surface area (Å²) in [5.41, 5.74) is 3.99. The summed E-state index contributed by atoms with van der Waals surface area (Å²) in [5.74, 6) is 0.870. The van der Waals surface area contributed by atoms with Crippen molar-refractivity contribution >= 4 is 20.4 Å². The molecule has 1 aromatic carbocycles. The number of aromatic nitrogens is 2. The molecule has 0 fully saturated rings. The monoisotopic (exact) mass is 273 g/mol. The number of nitrogens with zero attached hydrogens (tertiary/aromatic N) is 2. The van der Waals surface area contributed by atoms with Crippen LogP contribution < -0.4 is 4.43 Å². The van der Waals surface area contributed by atoms with E-state index in [0.29, 0.717) is 0 Å². The minimum atomic E-state index is -1.14. The van der Waals surface area contributed by atoms with Gasteiger partial charge in [-0.3, -0.25) is 5.10 Å². The Morgan fingerprint density at radius 1 is 1.37 bits per heavy atom. The van der Waals surface area contributed by atoms with Crippen LogP contribution in [0.15, 0.2) is 35.6 Å². The number of aryl methyl sites for hydroxylation is 1. The minimum Gasteiger partial charge on any atom is -0.546 e. The molecule has 1 heterocycles. The summed E-state index contributed by atoms with van der Waals surface area (Å²) in [6.45, 7) is 8.33. The second kappa shape index (κ2) is 5.84. The van der Waals surface area contributed by atoms with Gasteiger partial charge < -0.3 is 4.43 Å². The largest absolute Gasteiger partial charge is 0.546 e. The Morgan fingerprint density at radius 3 is 2.79 bits per heavy atom. The third-order valence-electron chi connectivity index (χ3n) is 2.68. The summed E-state index contributed by atoms with van der Waals surface area (Å²) in [7, 11) is -1.14. The van der Waals surface area contributed by atoms with Gasteiger partial charge in [-0.25, -0.2) is 4.99 Å². The van der Waals surface area contributed by atoms with E-state index in [-0.39, 0.29) is 0 Å². The highest BCUT2D eigenvalue weighted by molar-refractivity contribution is 6.49. The van der Waals surface area contributed by atoms with Crippen molar-refractivity contribution in [2.75, 3.05) is 0 Å². The maximum atomic E-state index is 5.93. The number of H-pyrrole nitrogens is 1. The predicted molar refractivity (Wildman–Crippen MR) is 81.1 cm³/mol. The average molecular weight is 273 g/mol. The van der Waals surface area contributed by atoms with Gasteiger partial charge in [-0.05, 0) is 44.6 Å². The fraction of sp³-hybridized carbons (Fsp3) is 0.286. The molecule has 19 heavy (non-hydrogen) atoms.